The number of nitrogens with one attached hydrogen (secondary N) is 1. The Morgan fingerprint density at radius 2 is 2.00 bits per heavy atom. The minimum Gasteiger partial charge on any atom is -0.302 e. The first-order chi connectivity index (χ1) is 7.54. The van der Waals surface area contributed by atoms with Crippen LogP contribution in [0.1, 0.15) is 25.7 Å². The second kappa shape index (κ2) is 5.02. The molecule has 1 aliphatic heterocycles. The van der Waals surface area contributed by atoms with E-state index in [2.05, 4.69) is 9.62 Å². The Hall–Kier alpha value is -0.130. The standard InChI is InChI=1S/C11H22N2O2S/c1-16(14,15)12-6-8-13-7-2-3-11(9-13)10-4-5-10/h10-12H,2-9H2,1H3/t11-/m1/s1. The van der Waals surface area contributed by atoms with Crippen LogP contribution in [0.15, 0.2) is 0 Å². The van der Waals surface area contributed by atoms with Crippen LogP contribution in [-0.4, -0.2) is 45.8 Å². The Kier molecular flexibility index (Phi) is 3.87. The van der Waals surface area contributed by atoms with Crippen LogP contribution in [0.25, 0.3) is 0 Å². The molecule has 1 saturated carbocycles. The van der Waals surface area contributed by atoms with Crippen molar-refractivity contribution in [3.63, 3.8) is 0 Å². The maximum Gasteiger partial charge on any atom is 0.208 e. The first kappa shape index (κ1) is 12.3. The molecule has 1 N–H and O–H groups in total. The van der Waals surface area contributed by atoms with E-state index in [1.807, 2.05) is 0 Å². The van der Waals surface area contributed by atoms with Gasteiger partial charge in [-0.25, -0.2) is 13.1 Å². The van der Waals surface area contributed by atoms with E-state index in [1.165, 1.54) is 38.5 Å². The highest BCUT2D eigenvalue weighted by atomic mass is 32.2. The molecule has 2 rings (SSSR count). The molecule has 16 heavy (non-hydrogen) atoms. The van der Waals surface area contributed by atoms with E-state index < -0.39 is 10.0 Å². The Bertz CT molecular complexity index is 325. The van der Waals surface area contributed by atoms with Crippen molar-refractivity contribution in [1.82, 2.24) is 9.62 Å². The van der Waals surface area contributed by atoms with Crippen molar-refractivity contribution in [2.75, 3.05) is 32.4 Å². The molecule has 2 fully saturated rings. The van der Waals surface area contributed by atoms with Crippen LogP contribution < -0.4 is 4.72 Å². The normalized spacial score (nSPS) is 28.2. The lowest BCUT2D eigenvalue weighted by Crippen LogP contribution is -2.41. The van der Waals surface area contributed by atoms with Gasteiger partial charge in [0, 0.05) is 19.6 Å². The predicted octanol–water partition coefficient (Wildman–Crippen LogP) is 0.658. The molecular formula is C11H22N2O2S. The van der Waals surface area contributed by atoms with E-state index in [0.717, 1.165) is 24.9 Å². The van der Waals surface area contributed by atoms with Crippen molar-refractivity contribution in [3.05, 3.63) is 0 Å². The Morgan fingerprint density at radius 3 is 2.62 bits per heavy atom. The molecule has 1 saturated heterocycles. The molecule has 1 aliphatic carbocycles. The number of rotatable bonds is 5. The molecule has 0 radical (unpaired) electrons. The van der Waals surface area contributed by atoms with E-state index in [1.54, 1.807) is 0 Å². The van der Waals surface area contributed by atoms with Crippen molar-refractivity contribution in [1.29, 1.82) is 0 Å². The third-order valence-electron chi connectivity index (χ3n) is 3.62. The lowest BCUT2D eigenvalue weighted by atomic mass is 9.93. The summed E-state index contributed by atoms with van der Waals surface area (Å²) in [4.78, 5) is 2.41. The van der Waals surface area contributed by atoms with E-state index in [-0.39, 0.29) is 0 Å². The number of likely N-dealkylation sites (tertiary alicyclic amines) is 1. The van der Waals surface area contributed by atoms with Gasteiger partial charge >= 0.3 is 0 Å². The van der Waals surface area contributed by atoms with Crippen molar-refractivity contribution < 1.29 is 8.42 Å². The summed E-state index contributed by atoms with van der Waals surface area (Å²) in [5.74, 6) is 1.86. The van der Waals surface area contributed by atoms with Crippen LogP contribution in [0.5, 0.6) is 0 Å². The van der Waals surface area contributed by atoms with Gasteiger partial charge in [0.1, 0.15) is 0 Å². The van der Waals surface area contributed by atoms with E-state index in [9.17, 15) is 8.42 Å². The minimum absolute atomic E-state index is 0.552. The Morgan fingerprint density at radius 1 is 1.25 bits per heavy atom. The second-order valence-electron chi connectivity index (χ2n) is 5.21. The summed E-state index contributed by atoms with van der Waals surface area (Å²) in [6, 6.07) is 0. The summed E-state index contributed by atoms with van der Waals surface area (Å²) < 4.78 is 24.4. The summed E-state index contributed by atoms with van der Waals surface area (Å²) in [7, 11) is -3.02. The van der Waals surface area contributed by atoms with Crippen LogP contribution in [0.2, 0.25) is 0 Å². The summed E-state index contributed by atoms with van der Waals surface area (Å²) in [6.07, 6.45) is 6.71. The molecule has 1 atom stereocenters. The maximum absolute atomic E-state index is 10.9. The highest BCUT2D eigenvalue weighted by molar-refractivity contribution is 7.88. The zero-order valence-corrected chi connectivity index (χ0v) is 10.8. The smallest absolute Gasteiger partial charge is 0.208 e. The third kappa shape index (κ3) is 4.03. The predicted molar refractivity (Wildman–Crippen MR) is 64.7 cm³/mol. The number of piperidine rings is 1. The highest BCUT2D eigenvalue weighted by Crippen LogP contribution is 2.40. The van der Waals surface area contributed by atoms with Gasteiger partial charge in [-0.05, 0) is 44.1 Å². The Labute approximate surface area is 98.4 Å². The summed E-state index contributed by atoms with van der Waals surface area (Å²) in [6.45, 7) is 3.72. The van der Waals surface area contributed by atoms with Crippen LogP contribution in [0, 0.1) is 11.8 Å². The topological polar surface area (TPSA) is 49.4 Å². The fourth-order valence-electron chi connectivity index (χ4n) is 2.64. The monoisotopic (exact) mass is 246 g/mol. The fourth-order valence-corrected chi connectivity index (χ4v) is 3.10. The largest absolute Gasteiger partial charge is 0.302 e. The molecule has 94 valence electrons. The molecule has 0 amide bonds. The van der Waals surface area contributed by atoms with Gasteiger partial charge < -0.3 is 4.90 Å². The molecule has 0 spiro atoms. The lowest BCUT2D eigenvalue weighted by Gasteiger charge is -2.32. The zero-order valence-electron chi connectivity index (χ0n) is 9.98. The van der Waals surface area contributed by atoms with Gasteiger partial charge in [-0.3, -0.25) is 0 Å². The van der Waals surface area contributed by atoms with Crippen LogP contribution in [-0.2, 0) is 10.0 Å². The van der Waals surface area contributed by atoms with Crippen molar-refractivity contribution in [3.8, 4) is 0 Å². The van der Waals surface area contributed by atoms with Gasteiger partial charge in [-0.2, -0.15) is 0 Å². The number of nitrogens with zero attached hydrogens (tertiary/aromatic N) is 1. The molecule has 5 heteroatoms. The van der Waals surface area contributed by atoms with Crippen molar-refractivity contribution >= 4 is 10.0 Å². The quantitative estimate of drug-likeness (QED) is 0.775. The van der Waals surface area contributed by atoms with E-state index >= 15 is 0 Å². The minimum atomic E-state index is -3.02. The molecule has 2 aliphatic rings. The average Bonchev–Trinajstić information content (AvgIpc) is 2.99. The molecular weight excluding hydrogens is 224 g/mol. The third-order valence-corrected chi connectivity index (χ3v) is 4.35. The lowest BCUT2D eigenvalue weighted by molar-refractivity contribution is 0.164. The summed E-state index contributed by atoms with van der Waals surface area (Å²) in [5, 5.41) is 0. The number of sulfonamides is 1. The van der Waals surface area contributed by atoms with Crippen LogP contribution in [0.3, 0.4) is 0 Å². The molecule has 1 heterocycles. The van der Waals surface area contributed by atoms with Crippen LogP contribution in [0.4, 0.5) is 0 Å². The molecule has 0 aromatic rings. The average molecular weight is 246 g/mol. The van der Waals surface area contributed by atoms with Crippen LogP contribution >= 0.6 is 0 Å². The van der Waals surface area contributed by atoms with E-state index in [0.29, 0.717) is 6.54 Å². The SMILES string of the molecule is CS(=O)(=O)NCCN1CCC[C@@H](C2CC2)C1. The molecule has 0 aromatic heterocycles. The summed E-state index contributed by atoms with van der Waals surface area (Å²) >= 11 is 0. The first-order valence-corrected chi connectivity index (χ1v) is 8.11. The zero-order chi connectivity index (χ0) is 11.6. The Balaban J connectivity index is 1.68. The first-order valence-electron chi connectivity index (χ1n) is 6.21. The molecule has 0 aromatic carbocycles. The second-order valence-corrected chi connectivity index (χ2v) is 7.04. The fraction of sp³-hybridized carbons (Fsp3) is 1.00. The van der Waals surface area contributed by atoms with Gasteiger partial charge in [0.15, 0.2) is 0 Å². The summed E-state index contributed by atoms with van der Waals surface area (Å²) in [5.41, 5.74) is 0. The molecule has 4 nitrogen and oxygen atoms in total. The van der Waals surface area contributed by atoms with Gasteiger partial charge in [0.2, 0.25) is 10.0 Å². The molecule has 0 bridgehead atoms. The highest BCUT2D eigenvalue weighted by Gasteiger charge is 2.33. The maximum atomic E-state index is 10.9. The van der Waals surface area contributed by atoms with E-state index in [4.69, 9.17) is 0 Å². The number of hydrogen-bond donors (Lipinski definition) is 1. The molecule has 0 unspecified atom stereocenters. The number of hydrogen-bond acceptors (Lipinski definition) is 3. The van der Waals surface area contributed by atoms with Crippen molar-refractivity contribution in [2.45, 2.75) is 25.7 Å². The van der Waals surface area contributed by atoms with Gasteiger partial charge in [-0.1, -0.05) is 0 Å². The van der Waals surface area contributed by atoms with Gasteiger partial charge in [0.25, 0.3) is 0 Å². The van der Waals surface area contributed by atoms with Gasteiger partial charge in [0.05, 0.1) is 6.26 Å². The van der Waals surface area contributed by atoms with Gasteiger partial charge in [-0.15, -0.1) is 0 Å². The van der Waals surface area contributed by atoms with Crippen molar-refractivity contribution in [2.24, 2.45) is 11.8 Å².